The van der Waals surface area contributed by atoms with E-state index >= 15 is 0 Å². The molecule has 3 rings (SSSR count). The number of sulfonamides is 1. The summed E-state index contributed by atoms with van der Waals surface area (Å²) in [6.07, 6.45) is 2.38. The number of amides is 2. The van der Waals surface area contributed by atoms with Crippen molar-refractivity contribution in [2.75, 3.05) is 23.7 Å². The number of hydrogen-bond acceptors (Lipinski definition) is 5. The number of rotatable bonds is 16. The van der Waals surface area contributed by atoms with E-state index in [0.717, 1.165) is 18.2 Å². The highest BCUT2D eigenvalue weighted by atomic mass is 35.5. The Morgan fingerprint density at radius 3 is 2.25 bits per heavy atom. The maximum Gasteiger partial charge on any atom is 0.243 e. The number of carbonyl (C=O) groups excluding carboxylic acids is 2. The van der Waals surface area contributed by atoms with Crippen LogP contribution >= 0.6 is 23.2 Å². The van der Waals surface area contributed by atoms with Crippen LogP contribution in [-0.4, -0.2) is 56.6 Å². The number of hydrogen-bond donors (Lipinski definition) is 1. The molecular weight excluding hydrogens is 621 g/mol. The molecule has 0 heterocycles. The van der Waals surface area contributed by atoms with E-state index in [0.29, 0.717) is 40.1 Å². The zero-order chi connectivity index (χ0) is 32.3. The zero-order valence-corrected chi connectivity index (χ0v) is 28.0. The molecule has 0 unspecified atom stereocenters. The Kier molecular flexibility index (Phi) is 13.4. The monoisotopic (exact) mass is 661 g/mol. The summed E-state index contributed by atoms with van der Waals surface area (Å²) < 4.78 is 32.6. The van der Waals surface area contributed by atoms with Crippen molar-refractivity contribution < 1.29 is 22.7 Å². The van der Waals surface area contributed by atoms with Gasteiger partial charge in [0.2, 0.25) is 21.8 Å². The maximum atomic E-state index is 14.0. The molecule has 0 saturated heterocycles. The Labute approximate surface area is 271 Å². The van der Waals surface area contributed by atoms with Crippen molar-refractivity contribution in [3.63, 3.8) is 0 Å². The van der Waals surface area contributed by atoms with Crippen LogP contribution in [0, 0.1) is 0 Å². The predicted molar refractivity (Wildman–Crippen MR) is 178 cm³/mol. The van der Waals surface area contributed by atoms with Crippen LogP contribution < -0.4 is 14.4 Å². The second-order valence-electron chi connectivity index (χ2n) is 10.6. The number of ether oxygens (including phenoxy) is 1. The van der Waals surface area contributed by atoms with Crippen molar-refractivity contribution in [3.05, 3.63) is 94.0 Å². The SMILES string of the molecule is CCOc1ccccc1N(CCCC(=O)N(Cc1ccc(Cl)c(Cl)c1)[C@@H](Cc1ccccc1)C(=O)N[C@H](C)CC)S(C)(=O)=O. The van der Waals surface area contributed by atoms with Gasteiger partial charge in [-0.25, -0.2) is 8.42 Å². The second kappa shape index (κ2) is 16.7. The lowest BCUT2D eigenvalue weighted by Gasteiger charge is -2.33. The number of carbonyl (C=O) groups is 2. The lowest BCUT2D eigenvalue weighted by Crippen LogP contribution is -2.52. The second-order valence-corrected chi connectivity index (χ2v) is 13.4. The van der Waals surface area contributed by atoms with Gasteiger partial charge in [-0.15, -0.1) is 0 Å². The van der Waals surface area contributed by atoms with Gasteiger partial charge in [0.1, 0.15) is 11.8 Å². The van der Waals surface area contributed by atoms with Crippen LogP contribution in [0.4, 0.5) is 5.69 Å². The predicted octanol–water partition coefficient (Wildman–Crippen LogP) is 6.49. The van der Waals surface area contributed by atoms with E-state index in [-0.39, 0.29) is 43.8 Å². The molecule has 0 aromatic heterocycles. The fourth-order valence-corrected chi connectivity index (χ4v) is 6.04. The summed E-state index contributed by atoms with van der Waals surface area (Å²) in [7, 11) is -3.68. The summed E-state index contributed by atoms with van der Waals surface area (Å²) in [6.45, 7) is 6.27. The van der Waals surface area contributed by atoms with Gasteiger partial charge in [-0.05, 0) is 62.1 Å². The molecular formula is C33H41Cl2N3O5S. The third-order valence-electron chi connectivity index (χ3n) is 7.20. The first-order chi connectivity index (χ1) is 20.9. The van der Waals surface area contributed by atoms with Crippen LogP contribution in [0.15, 0.2) is 72.8 Å². The van der Waals surface area contributed by atoms with Crippen molar-refractivity contribution in [1.29, 1.82) is 0 Å². The van der Waals surface area contributed by atoms with E-state index in [1.54, 1.807) is 47.4 Å². The largest absolute Gasteiger partial charge is 0.492 e. The van der Waals surface area contributed by atoms with Crippen molar-refractivity contribution in [3.8, 4) is 5.75 Å². The normalized spacial score (nSPS) is 12.7. The molecule has 1 N–H and O–H groups in total. The van der Waals surface area contributed by atoms with Gasteiger partial charge in [0.15, 0.2) is 0 Å². The average Bonchev–Trinajstić information content (AvgIpc) is 2.99. The molecule has 2 amide bonds. The molecule has 8 nitrogen and oxygen atoms in total. The lowest BCUT2D eigenvalue weighted by atomic mass is 10.0. The summed E-state index contributed by atoms with van der Waals surface area (Å²) in [5, 5.41) is 3.77. The molecule has 11 heteroatoms. The molecule has 238 valence electrons. The number of anilines is 1. The Balaban J connectivity index is 1.93. The molecule has 0 aliphatic carbocycles. The van der Waals surface area contributed by atoms with Crippen molar-refractivity contribution in [2.45, 2.75) is 65.1 Å². The fourth-order valence-electron chi connectivity index (χ4n) is 4.75. The number of para-hydroxylation sites is 2. The molecule has 0 aliphatic heterocycles. The van der Waals surface area contributed by atoms with Gasteiger partial charge in [0.05, 0.1) is 28.6 Å². The molecule has 0 bridgehead atoms. The van der Waals surface area contributed by atoms with Crippen LogP contribution in [0.5, 0.6) is 5.75 Å². The summed E-state index contributed by atoms with van der Waals surface area (Å²) in [5.74, 6) is -0.111. The summed E-state index contributed by atoms with van der Waals surface area (Å²) in [6, 6.07) is 20.6. The highest BCUT2D eigenvalue weighted by molar-refractivity contribution is 7.92. The molecule has 44 heavy (non-hydrogen) atoms. The first-order valence-corrected chi connectivity index (χ1v) is 17.3. The highest BCUT2D eigenvalue weighted by Crippen LogP contribution is 2.30. The first kappa shape index (κ1) is 35.2. The van der Waals surface area contributed by atoms with E-state index < -0.39 is 16.1 Å². The van der Waals surface area contributed by atoms with Gasteiger partial charge < -0.3 is 15.0 Å². The molecule has 2 atom stereocenters. The zero-order valence-electron chi connectivity index (χ0n) is 25.6. The summed E-state index contributed by atoms with van der Waals surface area (Å²) >= 11 is 12.5. The third kappa shape index (κ3) is 10.1. The van der Waals surface area contributed by atoms with Crippen LogP contribution in [-0.2, 0) is 32.6 Å². The number of benzene rings is 3. The lowest BCUT2D eigenvalue weighted by molar-refractivity contribution is -0.141. The minimum Gasteiger partial charge on any atom is -0.492 e. The fraction of sp³-hybridized carbons (Fsp3) is 0.394. The van der Waals surface area contributed by atoms with Gasteiger partial charge in [-0.1, -0.05) is 78.7 Å². The Morgan fingerprint density at radius 2 is 1.61 bits per heavy atom. The van der Waals surface area contributed by atoms with Crippen LogP contribution in [0.25, 0.3) is 0 Å². The van der Waals surface area contributed by atoms with E-state index in [1.807, 2.05) is 51.1 Å². The van der Waals surface area contributed by atoms with Gasteiger partial charge in [-0.2, -0.15) is 0 Å². The number of halogens is 2. The van der Waals surface area contributed by atoms with E-state index in [9.17, 15) is 18.0 Å². The smallest absolute Gasteiger partial charge is 0.243 e. The Bertz CT molecular complexity index is 1500. The van der Waals surface area contributed by atoms with Crippen molar-refractivity contribution in [1.82, 2.24) is 10.2 Å². The van der Waals surface area contributed by atoms with Gasteiger partial charge >= 0.3 is 0 Å². The van der Waals surface area contributed by atoms with E-state index in [2.05, 4.69) is 5.32 Å². The molecule has 0 spiro atoms. The molecule has 0 aliphatic rings. The van der Waals surface area contributed by atoms with Crippen LogP contribution in [0.1, 0.15) is 51.2 Å². The van der Waals surface area contributed by atoms with Crippen molar-refractivity contribution >= 4 is 50.7 Å². The van der Waals surface area contributed by atoms with E-state index in [1.165, 1.54) is 4.31 Å². The molecule has 3 aromatic carbocycles. The van der Waals surface area contributed by atoms with Crippen LogP contribution in [0.3, 0.4) is 0 Å². The minimum atomic E-state index is -3.68. The Hall–Kier alpha value is -3.27. The summed E-state index contributed by atoms with van der Waals surface area (Å²) in [5.41, 5.74) is 2.02. The first-order valence-electron chi connectivity index (χ1n) is 14.7. The maximum absolute atomic E-state index is 14.0. The topological polar surface area (TPSA) is 96.0 Å². The molecule has 0 radical (unpaired) electrons. The average molecular weight is 663 g/mol. The molecule has 0 saturated carbocycles. The van der Waals surface area contributed by atoms with Gasteiger partial charge in [0.25, 0.3) is 0 Å². The molecule has 3 aromatic rings. The van der Waals surface area contributed by atoms with Crippen LogP contribution in [0.2, 0.25) is 10.0 Å². The van der Waals surface area contributed by atoms with Gasteiger partial charge in [0, 0.05) is 32.0 Å². The molecule has 0 fully saturated rings. The van der Waals surface area contributed by atoms with Crippen molar-refractivity contribution in [2.24, 2.45) is 0 Å². The standard InChI is InChI=1S/C33H41Cl2N3O5S/c1-5-24(3)36-33(40)30(22-25-13-8-7-9-14-25)37(23-26-18-19-27(34)28(35)21-26)32(39)17-12-20-38(44(4,41)42)29-15-10-11-16-31(29)43-6-2/h7-11,13-16,18-19,21,24,30H,5-6,12,17,20,22-23H2,1-4H3,(H,36,40)/t24-,30+/m1/s1. The highest BCUT2D eigenvalue weighted by Gasteiger charge is 2.31. The van der Waals surface area contributed by atoms with E-state index in [4.69, 9.17) is 27.9 Å². The number of nitrogens with one attached hydrogen (secondary N) is 1. The van der Waals surface area contributed by atoms with Gasteiger partial charge in [-0.3, -0.25) is 13.9 Å². The third-order valence-corrected chi connectivity index (χ3v) is 9.11. The number of nitrogens with zero attached hydrogens (tertiary/aromatic N) is 2. The quantitative estimate of drug-likeness (QED) is 0.189. The Morgan fingerprint density at radius 1 is 0.932 bits per heavy atom. The summed E-state index contributed by atoms with van der Waals surface area (Å²) in [4.78, 5) is 29.3. The minimum absolute atomic E-state index is 0.00600.